The van der Waals surface area contributed by atoms with Gasteiger partial charge >= 0.3 is 5.97 Å². The highest BCUT2D eigenvalue weighted by Gasteiger charge is 2.13. The molecule has 1 saturated heterocycles. The Hall–Kier alpha value is -2.06. The third-order valence-electron chi connectivity index (χ3n) is 3.25. The van der Waals surface area contributed by atoms with Crippen LogP contribution in [0, 0.1) is 17.8 Å². The molecule has 1 fully saturated rings. The molecular formula is C16H20N2O3. The van der Waals surface area contributed by atoms with Gasteiger partial charge in [-0.05, 0) is 44.8 Å². The lowest BCUT2D eigenvalue weighted by Crippen LogP contribution is -2.30. The molecule has 5 heteroatoms. The number of nitrogens with zero attached hydrogens (tertiary/aromatic N) is 1. The molecule has 21 heavy (non-hydrogen) atoms. The van der Waals surface area contributed by atoms with Crippen LogP contribution in [-0.4, -0.2) is 37.3 Å². The first-order valence-corrected chi connectivity index (χ1v) is 7.26. The minimum absolute atomic E-state index is 0.329. The SMILES string of the molecule is CCOC(=O)C#Cc1ccc(OCC2CCNCC2)nc1. The van der Waals surface area contributed by atoms with Gasteiger partial charge in [-0.15, -0.1) is 0 Å². The number of aromatic nitrogens is 1. The monoisotopic (exact) mass is 288 g/mol. The average Bonchev–Trinajstić information content (AvgIpc) is 2.53. The molecule has 0 radical (unpaired) electrons. The first-order chi connectivity index (χ1) is 10.3. The molecule has 0 aliphatic carbocycles. The van der Waals surface area contributed by atoms with Gasteiger partial charge in [-0.2, -0.15) is 0 Å². The number of pyridine rings is 1. The Balaban J connectivity index is 1.82. The number of ether oxygens (including phenoxy) is 2. The Kier molecular flexibility index (Phi) is 6.04. The molecule has 0 saturated carbocycles. The van der Waals surface area contributed by atoms with Gasteiger partial charge in [0, 0.05) is 23.7 Å². The predicted molar refractivity (Wildman–Crippen MR) is 78.8 cm³/mol. The average molecular weight is 288 g/mol. The quantitative estimate of drug-likeness (QED) is 0.670. The number of carbonyl (C=O) groups is 1. The predicted octanol–water partition coefficient (Wildman–Crippen LogP) is 1.37. The van der Waals surface area contributed by atoms with Crippen molar-refractivity contribution in [1.29, 1.82) is 0 Å². The van der Waals surface area contributed by atoms with Gasteiger partial charge in [0.1, 0.15) is 0 Å². The number of hydrogen-bond acceptors (Lipinski definition) is 5. The Morgan fingerprint density at radius 1 is 1.43 bits per heavy atom. The van der Waals surface area contributed by atoms with Gasteiger partial charge in [0.15, 0.2) is 0 Å². The lowest BCUT2D eigenvalue weighted by Gasteiger charge is -2.22. The second kappa shape index (κ2) is 8.28. The van der Waals surface area contributed by atoms with Crippen molar-refractivity contribution in [3.8, 4) is 17.7 Å². The number of nitrogens with one attached hydrogen (secondary N) is 1. The van der Waals surface area contributed by atoms with Crippen molar-refractivity contribution in [3.05, 3.63) is 23.9 Å². The Bertz CT molecular complexity index is 511. The van der Waals surface area contributed by atoms with E-state index < -0.39 is 5.97 Å². The second-order valence-corrected chi connectivity index (χ2v) is 4.86. The molecule has 0 amide bonds. The number of hydrogen-bond donors (Lipinski definition) is 1. The van der Waals surface area contributed by atoms with Gasteiger partial charge in [0.25, 0.3) is 0 Å². The molecule has 2 rings (SSSR count). The lowest BCUT2D eigenvalue weighted by molar-refractivity contribution is -0.136. The first kappa shape index (κ1) is 15.3. The molecule has 1 aliphatic rings. The molecule has 1 aliphatic heterocycles. The summed E-state index contributed by atoms with van der Waals surface area (Å²) < 4.78 is 10.4. The minimum Gasteiger partial charge on any atom is -0.477 e. The van der Waals surface area contributed by atoms with Crippen LogP contribution >= 0.6 is 0 Å². The number of carbonyl (C=O) groups excluding carboxylic acids is 1. The normalized spacial score (nSPS) is 14.9. The van der Waals surface area contributed by atoms with Crippen LogP contribution in [0.15, 0.2) is 18.3 Å². The van der Waals surface area contributed by atoms with E-state index in [1.807, 2.05) is 0 Å². The largest absolute Gasteiger partial charge is 0.477 e. The number of piperidine rings is 1. The molecular weight excluding hydrogens is 268 g/mol. The molecule has 2 heterocycles. The maximum atomic E-state index is 11.1. The zero-order chi connectivity index (χ0) is 14.9. The summed E-state index contributed by atoms with van der Waals surface area (Å²) >= 11 is 0. The van der Waals surface area contributed by atoms with E-state index in [2.05, 4.69) is 22.1 Å². The number of esters is 1. The van der Waals surface area contributed by atoms with Crippen LogP contribution in [0.2, 0.25) is 0 Å². The Labute approximate surface area is 125 Å². The van der Waals surface area contributed by atoms with Gasteiger partial charge in [-0.25, -0.2) is 9.78 Å². The van der Waals surface area contributed by atoms with E-state index in [0.717, 1.165) is 25.9 Å². The topological polar surface area (TPSA) is 60.5 Å². The van der Waals surface area contributed by atoms with Gasteiger partial charge in [-0.1, -0.05) is 5.92 Å². The fourth-order valence-electron chi connectivity index (χ4n) is 2.08. The van der Waals surface area contributed by atoms with Crippen LogP contribution in [0.4, 0.5) is 0 Å². The fourth-order valence-corrected chi connectivity index (χ4v) is 2.08. The van der Waals surface area contributed by atoms with Crippen molar-refractivity contribution in [2.45, 2.75) is 19.8 Å². The molecule has 0 bridgehead atoms. The summed E-state index contributed by atoms with van der Waals surface area (Å²) in [5.74, 6) is 5.78. The zero-order valence-electron chi connectivity index (χ0n) is 12.2. The molecule has 1 aromatic rings. The third kappa shape index (κ3) is 5.44. The molecule has 0 unspecified atom stereocenters. The van der Waals surface area contributed by atoms with E-state index in [-0.39, 0.29) is 0 Å². The summed E-state index contributed by atoms with van der Waals surface area (Å²) in [6.45, 7) is 4.89. The Morgan fingerprint density at radius 3 is 2.90 bits per heavy atom. The highest BCUT2D eigenvalue weighted by molar-refractivity contribution is 5.89. The van der Waals surface area contributed by atoms with E-state index in [0.29, 0.717) is 30.6 Å². The summed E-state index contributed by atoms with van der Waals surface area (Å²) in [4.78, 5) is 15.3. The van der Waals surface area contributed by atoms with Gasteiger partial charge in [0.2, 0.25) is 5.88 Å². The fraction of sp³-hybridized carbons (Fsp3) is 0.500. The van der Waals surface area contributed by atoms with Crippen LogP contribution in [0.5, 0.6) is 5.88 Å². The van der Waals surface area contributed by atoms with E-state index in [4.69, 9.17) is 9.47 Å². The standard InChI is InChI=1S/C16H20N2O3/c1-2-20-16(19)6-4-13-3-5-15(18-11-13)21-12-14-7-9-17-10-8-14/h3,5,11,14,17H,2,7-10,12H2,1H3. The molecule has 0 spiro atoms. The van der Waals surface area contributed by atoms with Gasteiger partial charge in [-0.3, -0.25) is 0 Å². The van der Waals surface area contributed by atoms with Crippen molar-refractivity contribution >= 4 is 5.97 Å². The van der Waals surface area contributed by atoms with Gasteiger partial charge < -0.3 is 14.8 Å². The van der Waals surface area contributed by atoms with E-state index >= 15 is 0 Å². The highest BCUT2D eigenvalue weighted by Crippen LogP contribution is 2.14. The van der Waals surface area contributed by atoms with Crippen molar-refractivity contribution in [2.75, 3.05) is 26.3 Å². The van der Waals surface area contributed by atoms with Crippen LogP contribution in [0.3, 0.4) is 0 Å². The van der Waals surface area contributed by atoms with Crippen LogP contribution < -0.4 is 10.1 Å². The second-order valence-electron chi connectivity index (χ2n) is 4.86. The lowest BCUT2D eigenvalue weighted by atomic mass is 9.99. The number of rotatable bonds is 4. The first-order valence-electron chi connectivity index (χ1n) is 7.26. The smallest absolute Gasteiger partial charge is 0.384 e. The molecule has 1 N–H and O–H groups in total. The summed E-state index contributed by atoms with van der Waals surface area (Å²) in [5.41, 5.74) is 0.664. The van der Waals surface area contributed by atoms with Crippen LogP contribution in [0.25, 0.3) is 0 Å². The Morgan fingerprint density at radius 2 is 2.24 bits per heavy atom. The summed E-state index contributed by atoms with van der Waals surface area (Å²) in [6.07, 6.45) is 3.89. The van der Waals surface area contributed by atoms with Crippen molar-refractivity contribution in [3.63, 3.8) is 0 Å². The maximum Gasteiger partial charge on any atom is 0.384 e. The molecule has 112 valence electrons. The van der Waals surface area contributed by atoms with Gasteiger partial charge in [0.05, 0.1) is 13.2 Å². The molecule has 5 nitrogen and oxygen atoms in total. The molecule has 0 aromatic carbocycles. The summed E-state index contributed by atoms with van der Waals surface area (Å²) in [7, 11) is 0. The molecule has 1 aromatic heterocycles. The highest BCUT2D eigenvalue weighted by atomic mass is 16.5. The summed E-state index contributed by atoms with van der Waals surface area (Å²) in [5, 5.41) is 3.33. The third-order valence-corrected chi connectivity index (χ3v) is 3.25. The van der Waals surface area contributed by atoms with E-state index in [1.54, 1.807) is 25.3 Å². The minimum atomic E-state index is -0.524. The maximum absolute atomic E-state index is 11.1. The van der Waals surface area contributed by atoms with E-state index in [1.165, 1.54) is 0 Å². The summed E-state index contributed by atoms with van der Waals surface area (Å²) in [6, 6.07) is 3.56. The van der Waals surface area contributed by atoms with Crippen LogP contribution in [-0.2, 0) is 9.53 Å². The van der Waals surface area contributed by atoms with E-state index in [9.17, 15) is 4.79 Å². The zero-order valence-corrected chi connectivity index (χ0v) is 12.2. The van der Waals surface area contributed by atoms with Crippen molar-refractivity contribution in [2.24, 2.45) is 5.92 Å². The van der Waals surface area contributed by atoms with Crippen molar-refractivity contribution in [1.82, 2.24) is 10.3 Å². The molecule has 0 atom stereocenters. The van der Waals surface area contributed by atoms with Crippen LogP contribution in [0.1, 0.15) is 25.3 Å². The van der Waals surface area contributed by atoms with Crippen molar-refractivity contribution < 1.29 is 14.3 Å².